The molecular formula is C18H27BrN2. The molecule has 2 aliphatic rings. The Labute approximate surface area is 137 Å². The Morgan fingerprint density at radius 2 is 1.90 bits per heavy atom. The predicted molar refractivity (Wildman–Crippen MR) is 92.9 cm³/mol. The van der Waals surface area contributed by atoms with E-state index in [0.29, 0.717) is 6.04 Å². The van der Waals surface area contributed by atoms with Gasteiger partial charge in [0.1, 0.15) is 0 Å². The molecule has 1 aliphatic heterocycles. The highest BCUT2D eigenvalue weighted by Gasteiger charge is 2.18. The van der Waals surface area contributed by atoms with Crippen LogP contribution >= 0.6 is 15.9 Å². The van der Waals surface area contributed by atoms with Crippen LogP contribution in [-0.2, 0) is 12.8 Å². The summed E-state index contributed by atoms with van der Waals surface area (Å²) in [6.07, 6.45) is 9.34. The van der Waals surface area contributed by atoms with Gasteiger partial charge in [-0.2, -0.15) is 0 Å². The van der Waals surface area contributed by atoms with E-state index in [1.54, 1.807) is 0 Å². The number of fused-ring (bicyclic) bond motifs is 1. The third-order valence-corrected chi connectivity index (χ3v) is 5.45. The summed E-state index contributed by atoms with van der Waals surface area (Å²) in [7, 11) is 0. The first kappa shape index (κ1) is 15.5. The molecule has 1 aromatic rings. The van der Waals surface area contributed by atoms with Gasteiger partial charge in [-0.3, -0.25) is 0 Å². The van der Waals surface area contributed by atoms with Crippen LogP contribution in [0.5, 0.6) is 0 Å². The van der Waals surface area contributed by atoms with Crippen LogP contribution in [0.1, 0.15) is 43.2 Å². The highest BCUT2D eigenvalue weighted by atomic mass is 79.9. The topological polar surface area (TPSA) is 15.3 Å². The standard InChI is InChI=1S/C18H27BrN2/c19-17-7-5-16-14-18(8-6-15(16)13-17)20-9-12-21-10-3-1-2-4-11-21/h5,7,13,18,20H,1-4,6,8-12,14H2. The fourth-order valence-corrected chi connectivity index (χ4v) is 4.09. The minimum atomic E-state index is 0.672. The number of halogens is 1. The molecule has 21 heavy (non-hydrogen) atoms. The summed E-state index contributed by atoms with van der Waals surface area (Å²) in [6.45, 7) is 4.99. The number of nitrogens with one attached hydrogen (secondary N) is 1. The Kier molecular flexibility index (Phi) is 5.73. The van der Waals surface area contributed by atoms with Crippen molar-refractivity contribution in [3.05, 3.63) is 33.8 Å². The van der Waals surface area contributed by atoms with E-state index in [0.717, 1.165) is 6.54 Å². The zero-order valence-electron chi connectivity index (χ0n) is 12.9. The number of nitrogens with zero attached hydrogens (tertiary/aromatic N) is 1. The van der Waals surface area contributed by atoms with Crippen molar-refractivity contribution in [2.24, 2.45) is 0 Å². The second-order valence-corrected chi connectivity index (χ2v) is 7.48. The smallest absolute Gasteiger partial charge is 0.0178 e. The molecule has 1 aromatic carbocycles. The Bertz CT molecular complexity index is 453. The molecule has 0 bridgehead atoms. The van der Waals surface area contributed by atoms with Gasteiger partial charge in [0.2, 0.25) is 0 Å². The molecule has 1 atom stereocenters. The molecule has 1 aliphatic carbocycles. The lowest BCUT2D eigenvalue weighted by Crippen LogP contribution is -2.40. The monoisotopic (exact) mass is 350 g/mol. The molecule has 1 unspecified atom stereocenters. The Morgan fingerprint density at radius 1 is 1.10 bits per heavy atom. The van der Waals surface area contributed by atoms with Gasteiger partial charge in [-0.25, -0.2) is 0 Å². The number of hydrogen-bond acceptors (Lipinski definition) is 2. The second-order valence-electron chi connectivity index (χ2n) is 6.56. The van der Waals surface area contributed by atoms with Crippen LogP contribution in [0.15, 0.2) is 22.7 Å². The summed E-state index contributed by atoms with van der Waals surface area (Å²) in [5, 5.41) is 3.79. The SMILES string of the molecule is Brc1ccc2c(c1)CCC(NCCN1CCCCCC1)C2. The first-order valence-electron chi connectivity index (χ1n) is 8.54. The fraction of sp³-hybridized carbons (Fsp3) is 0.667. The summed E-state index contributed by atoms with van der Waals surface area (Å²) in [5.41, 5.74) is 3.08. The van der Waals surface area contributed by atoms with E-state index in [-0.39, 0.29) is 0 Å². The highest BCUT2D eigenvalue weighted by Crippen LogP contribution is 2.24. The van der Waals surface area contributed by atoms with Crippen LogP contribution in [-0.4, -0.2) is 37.1 Å². The molecule has 0 saturated carbocycles. The van der Waals surface area contributed by atoms with Gasteiger partial charge in [-0.05, 0) is 68.5 Å². The van der Waals surface area contributed by atoms with E-state index in [1.807, 2.05) is 0 Å². The molecular weight excluding hydrogens is 324 g/mol. The molecule has 1 heterocycles. The van der Waals surface area contributed by atoms with E-state index >= 15 is 0 Å². The van der Waals surface area contributed by atoms with E-state index in [4.69, 9.17) is 0 Å². The maximum Gasteiger partial charge on any atom is 0.0178 e. The third-order valence-electron chi connectivity index (χ3n) is 4.96. The van der Waals surface area contributed by atoms with Gasteiger partial charge in [-0.15, -0.1) is 0 Å². The van der Waals surface area contributed by atoms with Crippen LogP contribution in [0.4, 0.5) is 0 Å². The Morgan fingerprint density at radius 3 is 2.71 bits per heavy atom. The molecule has 2 nitrogen and oxygen atoms in total. The summed E-state index contributed by atoms with van der Waals surface area (Å²) < 4.78 is 1.22. The fourth-order valence-electron chi connectivity index (χ4n) is 3.68. The van der Waals surface area contributed by atoms with E-state index < -0.39 is 0 Å². The number of likely N-dealkylation sites (tertiary alicyclic amines) is 1. The third kappa shape index (κ3) is 4.54. The van der Waals surface area contributed by atoms with Gasteiger partial charge >= 0.3 is 0 Å². The van der Waals surface area contributed by atoms with Crippen LogP contribution in [0.3, 0.4) is 0 Å². The van der Waals surface area contributed by atoms with E-state index in [9.17, 15) is 0 Å². The van der Waals surface area contributed by atoms with Gasteiger partial charge in [0.25, 0.3) is 0 Å². The summed E-state index contributed by atoms with van der Waals surface area (Å²) in [6, 6.07) is 7.44. The summed E-state index contributed by atoms with van der Waals surface area (Å²) >= 11 is 3.58. The van der Waals surface area contributed by atoms with Gasteiger partial charge in [0, 0.05) is 23.6 Å². The second kappa shape index (κ2) is 7.75. The predicted octanol–water partition coefficient (Wildman–Crippen LogP) is 3.77. The minimum absolute atomic E-state index is 0.672. The lowest BCUT2D eigenvalue weighted by atomic mass is 9.88. The zero-order valence-corrected chi connectivity index (χ0v) is 14.5. The van der Waals surface area contributed by atoms with Crippen molar-refractivity contribution in [1.29, 1.82) is 0 Å². The molecule has 1 saturated heterocycles. The highest BCUT2D eigenvalue weighted by molar-refractivity contribution is 9.10. The Balaban J connectivity index is 1.43. The van der Waals surface area contributed by atoms with E-state index in [2.05, 4.69) is 44.3 Å². The Hall–Kier alpha value is -0.380. The maximum absolute atomic E-state index is 3.79. The summed E-state index contributed by atoms with van der Waals surface area (Å²) in [4.78, 5) is 2.65. The first-order chi connectivity index (χ1) is 10.3. The van der Waals surface area contributed by atoms with Gasteiger partial charge in [0.15, 0.2) is 0 Å². The summed E-state index contributed by atoms with van der Waals surface area (Å²) in [5.74, 6) is 0. The number of hydrogen-bond donors (Lipinski definition) is 1. The van der Waals surface area contributed by atoms with Crippen molar-refractivity contribution in [2.45, 2.75) is 51.0 Å². The molecule has 1 N–H and O–H groups in total. The molecule has 0 aromatic heterocycles. The lowest BCUT2D eigenvalue weighted by Gasteiger charge is -2.27. The van der Waals surface area contributed by atoms with Gasteiger partial charge < -0.3 is 10.2 Å². The molecule has 3 heteroatoms. The van der Waals surface area contributed by atoms with Crippen LogP contribution in [0.2, 0.25) is 0 Å². The van der Waals surface area contributed by atoms with Crippen molar-refractivity contribution in [3.8, 4) is 0 Å². The quantitative estimate of drug-likeness (QED) is 0.888. The number of benzene rings is 1. The van der Waals surface area contributed by atoms with E-state index in [1.165, 1.54) is 80.2 Å². The maximum atomic E-state index is 3.79. The van der Waals surface area contributed by atoms with Crippen LogP contribution in [0.25, 0.3) is 0 Å². The van der Waals surface area contributed by atoms with Gasteiger partial charge in [-0.1, -0.05) is 34.8 Å². The zero-order chi connectivity index (χ0) is 14.5. The molecule has 0 radical (unpaired) electrons. The largest absolute Gasteiger partial charge is 0.312 e. The average molecular weight is 351 g/mol. The van der Waals surface area contributed by atoms with Crippen molar-refractivity contribution in [3.63, 3.8) is 0 Å². The molecule has 116 valence electrons. The molecule has 0 amide bonds. The van der Waals surface area contributed by atoms with Crippen LogP contribution in [0, 0.1) is 0 Å². The van der Waals surface area contributed by atoms with Crippen molar-refractivity contribution >= 4 is 15.9 Å². The van der Waals surface area contributed by atoms with Crippen molar-refractivity contribution in [1.82, 2.24) is 10.2 Å². The average Bonchev–Trinajstić information content (AvgIpc) is 2.76. The molecule has 1 fully saturated rings. The first-order valence-corrected chi connectivity index (χ1v) is 9.33. The van der Waals surface area contributed by atoms with Crippen molar-refractivity contribution in [2.75, 3.05) is 26.2 Å². The number of aryl methyl sites for hydroxylation is 1. The lowest BCUT2D eigenvalue weighted by molar-refractivity contribution is 0.276. The number of rotatable bonds is 4. The van der Waals surface area contributed by atoms with Crippen LogP contribution < -0.4 is 5.32 Å². The minimum Gasteiger partial charge on any atom is -0.312 e. The molecule has 0 spiro atoms. The molecule has 3 rings (SSSR count). The van der Waals surface area contributed by atoms with Gasteiger partial charge in [0.05, 0.1) is 0 Å². The van der Waals surface area contributed by atoms with Crippen molar-refractivity contribution < 1.29 is 0 Å². The normalized spacial score (nSPS) is 23.6.